The van der Waals surface area contributed by atoms with Gasteiger partial charge in [0.2, 0.25) is 0 Å². The van der Waals surface area contributed by atoms with E-state index in [1.807, 2.05) is 13.0 Å². The molecule has 2 aromatic carbocycles. The van der Waals surface area contributed by atoms with E-state index in [9.17, 15) is 18.3 Å². The molecule has 8 heteroatoms. The topological polar surface area (TPSA) is 45.4 Å². The van der Waals surface area contributed by atoms with Crippen LogP contribution in [-0.4, -0.2) is 16.7 Å². The van der Waals surface area contributed by atoms with E-state index >= 15 is 0 Å². The first-order chi connectivity index (χ1) is 14.3. The Balaban J connectivity index is 2.04. The molecule has 3 rings (SSSR count). The van der Waals surface area contributed by atoms with Gasteiger partial charge in [-0.15, -0.1) is 0 Å². The first-order valence-electron chi connectivity index (χ1n) is 8.88. The third kappa shape index (κ3) is 5.15. The number of para-hydroxylation sites is 1. The van der Waals surface area contributed by atoms with Crippen molar-refractivity contribution in [1.82, 2.24) is 0 Å². The SMILES string of the molecule is Cc1ccc[n+](C(C(=S)Nc2ccccc2F)=C(O)c2ccc(OC(F)F)cc2)c1. The second-order valence-corrected chi connectivity index (χ2v) is 6.73. The summed E-state index contributed by atoms with van der Waals surface area (Å²) in [4.78, 5) is 0.0705. The van der Waals surface area contributed by atoms with Gasteiger partial charge in [0.25, 0.3) is 5.70 Å². The zero-order chi connectivity index (χ0) is 21.7. The van der Waals surface area contributed by atoms with Gasteiger partial charge in [-0.05, 0) is 49.4 Å². The fourth-order valence-corrected chi connectivity index (χ4v) is 3.07. The van der Waals surface area contributed by atoms with Crippen molar-refractivity contribution in [2.45, 2.75) is 13.5 Å². The number of benzene rings is 2. The molecule has 0 saturated heterocycles. The highest BCUT2D eigenvalue weighted by Gasteiger charge is 2.24. The summed E-state index contributed by atoms with van der Waals surface area (Å²) in [5.41, 5.74) is 1.57. The second kappa shape index (κ2) is 9.41. The van der Waals surface area contributed by atoms with Crippen LogP contribution in [0.25, 0.3) is 11.5 Å². The minimum Gasteiger partial charge on any atom is -0.502 e. The van der Waals surface area contributed by atoms with Crippen molar-refractivity contribution >= 4 is 34.3 Å². The van der Waals surface area contributed by atoms with Crippen LogP contribution in [0.2, 0.25) is 0 Å². The van der Waals surface area contributed by atoms with Gasteiger partial charge in [-0.1, -0.05) is 24.4 Å². The molecule has 1 aromatic heterocycles. The van der Waals surface area contributed by atoms with E-state index in [4.69, 9.17) is 12.2 Å². The number of nitrogens with zero attached hydrogens (tertiary/aromatic N) is 1. The summed E-state index contributed by atoms with van der Waals surface area (Å²) in [5, 5.41) is 13.8. The fourth-order valence-electron chi connectivity index (χ4n) is 2.75. The lowest BCUT2D eigenvalue weighted by Gasteiger charge is -2.11. The highest BCUT2D eigenvalue weighted by atomic mass is 32.1. The number of hydrogen-bond acceptors (Lipinski definition) is 3. The molecule has 0 aliphatic rings. The predicted molar refractivity (Wildman–Crippen MR) is 113 cm³/mol. The number of aliphatic hydroxyl groups is 1. The van der Waals surface area contributed by atoms with Gasteiger partial charge < -0.3 is 15.2 Å². The number of halogens is 3. The van der Waals surface area contributed by atoms with E-state index < -0.39 is 12.4 Å². The Morgan fingerprint density at radius 2 is 1.77 bits per heavy atom. The number of thiocarbonyl (C=S) groups is 1. The first kappa shape index (κ1) is 21.3. The molecule has 0 saturated carbocycles. The predicted octanol–water partition coefficient (Wildman–Crippen LogP) is 5.35. The number of aliphatic hydroxyl groups excluding tert-OH is 1. The summed E-state index contributed by atoms with van der Waals surface area (Å²) >= 11 is 5.46. The molecule has 0 radical (unpaired) electrons. The molecule has 0 bridgehead atoms. The van der Waals surface area contributed by atoms with Crippen LogP contribution in [-0.2, 0) is 0 Å². The lowest BCUT2D eigenvalue weighted by Crippen LogP contribution is -2.38. The number of rotatable bonds is 6. The summed E-state index contributed by atoms with van der Waals surface area (Å²) in [6, 6.07) is 15.1. The summed E-state index contributed by atoms with van der Waals surface area (Å²) in [6.07, 6.45) is 3.43. The van der Waals surface area contributed by atoms with Gasteiger partial charge in [-0.25, -0.2) is 4.39 Å². The largest absolute Gasteiger partial charge is 0.502 e. The van der Waals surface area contributed by atoms with Crippen LogP contribution in [0.4, 0.5) is 18.9 Å². The molecule has 0 fully saturated rings. The van der Waals surface area contributed by atoms with E-state index in [0.29, 0.717) is 5.56 Å². The van der Waals surface area contributed by atoms with Crippen LogP contribution in [0.1, 0.15) is 11.1 Å². The standard InChI is InChI=1S/C22H17F3N2O2S/c1-14-5-4-12-27(13-14)19(21(30)26-18-7-3-2-6-17(18)23)20(28)15-8-10-16(11-9-15)29-22(24)25/h2-13,22H,1H3,(H-,26,28,30)/p+1. The Morgan fingerprint density at radius 1 is 1.07 bits per heavy atom. The molecule has 0 atom stereocenters. The zero-order valence-electron chi connectivity index (χ0n) is 15.9. The Morgan fingerprint density at radius 3 is 2.40 bits per heavy atom. The monoisotopic (exact) mass is 431 g/mol. The van der Waals surface area contributed by atoms with E-state index in [1.54, 1.807) is 35.2 Å². The minimum absolute atomic E-state index is 0.0432. The molecule has 1 heterocycles. The molecule has 3 aromatic rings. The Hall–Kier alpha value is -3.39. The highest BCUT2D eigenvalue weighted by molar-refractivity contribution is 7.81. The number of nitrogens with one attached hydrogen (secondary N) is 1. The van der Waals surface area contributed by atoms with Crippen molar-refractivity contribution in [2.24, 2.45) is 0 Å². The van der Waals surface area contributed by atoms with E-state index in [0.717, 1.165) is 5.56 Å². The maximum absolute atomic E-state index is 14.1. The molecule has 0 spiro atoms. The molecule has 0 aliphatic carbocycles. The lowest BCUT2D eigenvalue weighted by molar-refractivity contribution is -0.576. The molecule has 0 unspecified atom stereocenters. The number of pyridine rings is 1. The third-order valence-corrected chi connectivity index (χ3v) is 4.42. The Kier molecular flexibility index (Phi) is 6.68. The molecule has 0 aliphatic heterocycles. The number of hydrogen-bond donors (Lipinski definition) is 2. The maximum Gasteiger partial charge on any atom is 0.387 e. The number of ether oxygens (including phenoxy) is 1. The fraction of sp³-hybridized carbons (Fsp3) is 0.0909. The molecule has 154 valence electrons. The maximum atomic E-state index is 14.1. The average Bonchev–Trinajstić information content (AvgIpc) is 2.70. The van der Waals surface area contributed by atoms with Crippen LogP contribution in [0, 0.1) is 12.7 Å². The van der Waals surface area contributed by atoms with E-state index in [-0.39, 0.29) is 27.9 Å². The quantitative estimate of drug-likeness (QED) is 0.239. The van der Waals surface area contributed by atoms with Crippen molar-refractivity contribution < 1.29 is 27.6 Å². The molecule has 0 amide bonds. The van der Waals surface area contributed by atoms with Crippen LogP contribution in [0.3, 0.4) is 0 Å². The zero-order valence-corrected chi connectivity index (χ0v) is 16.7. The van der Waals surface area contributed by atoms with Gasteiger partial charge in [0, 0.05) is 17.2 Å². The summed E-state index contributed by atoms with van der Waals surface area (Å²) in [6.45, 7) is -1.08. The van der Waals surface area contributed by atoms with Crippen molar-refractivity contribution in [1.29, 1.82) is 0 Å². The minimum atomic E-state index is -2.95. The summed E-state index contributed by atoms with van der Waals surface area (Å²) in [7, 11) is 0. The summed E-state index contributed by atoms with van der Waals surface area (Å²) in [5.74, 6) is -0.761. The van der Waals surface area contributed by atoms with Crippen LogP contribution < -0.4 is 14.6 Å². The number of alkyl halides is 2. The van der Waals surface area contributed by atoms with Crippen molar-refractivity contribution in [3.05, 3.63) is 90.0 Å². The smallest absolute Gasteiger partial charge is 0.387 e. The van der Waals surface area contributed by atoms with Crippen molar-refractivity contribution in [3.63, 3.8) is 0 Å². The average molecular weight is 431 g/mol. The van der Waals surface area contributed by atoms with Crippen molar-refractivity contribution in [2.75, 3.05) is 5.32 Å². The van der Waals surface area contributed by atoms with Crippen LogP contribution in [0.5, 0.6) is 5.75 Å². The molecule has 2 N–H and O–H groups in total. The van der Waals surface area contributed by atoms with Gasteiger partial charge in [0.15, 0.2) is 23.1 Å². The number of aryl methyl sites for hydroxylation is 1. The summed E-state index contributed by atoms with van der Waals surface area (Å²) < 4.78 is 44.7. The first-order valence-corrected chi connectivity index (χ1v) is 9.28. The lowest BCUT2D eigenvalue weighted by atomic mass is 10.1. The van der Waals surface area contributed by atoms with Gasteiger partial charge in [-0.2, -0.15) is 13.3 Å². The molecule has 4 nitrogen and oxygen atoms in total. The van der Waals surface area contributed by atoms with Gasteiger partial charge in [0.05, 0.1) is 5.69 Å². The number of anilines is 1. The van der Waals surface area contributed by atoms with Gasteiger partial charge in [-0.3, -0.25) is 0 Å². The van der Waals surface area contributed by atoms with E-state index in [1.165, 1.54) is 36.4 Å². The molecular weight excluding hydrogens is 413 g/mol. The third-order valence-electron chi connectivity index (χ3n) is 4.12. The number of aromatic nitrogens is 1. The normalized spacial score (nSPS) is 11.8. The van der Waals surface area contributed by atoms with Gasteiger partial charge >= 0.3 is 6.61 Å². The molecular formula is C22H18F3N2O2S+. The highest BCUT2D eigenvalue weighted by Crippen LogP contribution is 2.23. The molecule has 30 heavy (non-hydrogen) atoms. The van der Waals surface area contributed by atoms with Crippen LogP contribution in [0.15, 0.2) is 73.1 Å². The Bertz CT molecular complexity index is 1090. The van der Waals surface area contributed by atoms with E-state index in [2.05, 4.69) is 10.1 Å². The van der Waals surface area contributed by atoms with Crippen molar-refractivity contribution in [3.8, 4) is 5.75 Å². The second-order valence-electron chi connectivity index (χ2n) is 6.32. The van der Waals surface area contributed by atoms with Gasteiger partial charge in [0.1, 0.15) is 11.6 Å². The Labute approximate surface area is 176 Å². The van der Waals surface area contributed by atoms with Crippen LogP contribution >= 0.6 is 12.2 Å².